The Balaban J connectivity index is 1.16. The molecule has 1 fully saturated rings. The summed E-state index contributed by atoms with van der Waals surface area (Å²) in [7, 11) is 0. The van der Waals surface area contributed by atoms with Gasteiger partial charge in [-0.25, -0.2) is 14.5 Å². The number of hydrogen-bond donors (Lipinski definition) is 0. The molecular formula is C30H26F3N5O4S. The Labute approximate surface area is 249 Å². The Hall–Kier alpha value is -4.65. The van der Waals surface area contributed by atoms with Gasteiger partial charge < -0.3 is 9.47 Å². The van der Waals surface area contributed by atoms with Gasteiger partial charge >= 0.3 is 12.5 Å². The summed E-state index contributed by atoms with van der Waals surface area (Å²) < 4.78 is 47.8. The molecule has 0 saturated carbocycles. The summed E-state index contributed by atoms with van der Waals surface area (Å²) in [5.74, 6) is 0.339. The van der Waals surface area contributed by atoms with Gasteiger partial charge in [-0.3, -0.25) is 9.69 Å². The highest BCUT2D eigenvalue weighted by Crippen LogP contribution is 2.33. The van der Waals surface area contributed by atoms with Crippen molar-refractivity contribution in [3.05, 3.63) is 90.3 Å². The van der Waals surface area contributed by atoms with Crippen molar-refractivity contribution in [3.8, 4) is 22.8 Å². The second-order valence-electron chi connectivity index (χ2n) is 9.74. The summed E-state index contributed by atoms with van der Waals surface area (Å²) in [5.41, 5.74) is 3.85. The van der Waals surface area contributed by atoms with Crippen LogP contribution in [0.4, 0.5) is 23.7 Å². The zero-order valence-electron chi connectivity index (χ0n) is 23.1. The van der Waals surface area contributed by atoms with Crippen molar-refractivity contribution in [2.45, 2.75) is 32.5 Å². The Kier molecular flexibility index (Phi) is 8.81. The molecule has 1 aromatic heterocycles. The highest BCUT2D eigenvalue weighted by atomic mass is 32.2. The van der Waals surface area contributed by atoms with E-state index in [2.05, 4.69) is 19.8 Å². The molecule has 0 aliphatic carbocycles. The van der Waals surface area contributed by atoms with Gasteiger partial charge in [0.1, 0.15) is 12.1 Å². The number of hydrogen-bond acceptors (Lipinski definition) is 7. The van der Waals surface area contributed by atoms with Crippen LogP contribution in [-0.4, -0.2) is 50.7 Å². The van der Waals surface area contributed by atoms with Crippen molar-refractivity contribution in [3.63, 3.8) is 0 Å². The lowest BCUT2D eigenvalue weighted by molar-refractivity contribution is -0.274. The lowest BCUT2D eigenvalue weighted by atomic mass is 10.0. The third kappa shape index (κ3) is 7.41. The minimum Gasteiger partial charge on any atom is -0.448 e. The van der Waals surface area contributed by atoms with Crippen LogP contribution >= 0.6 is 11.8 Å². The Morgan fingerprint density at radius 2 is 1.77 bits per heavy atom. The van der Waals surface area contributed by atoms with E-state index < -0.39 is 12.5 Å². The molecule has 0 N–H and O–H groups in total. The molecule has 1 saturated heterocycles. The van der Waals surface area contributed by atoms with E-state index in [1.54, 1.807) is 0 Å². The van der Waals surface area contributed by atoms with Crippen molar-refractivity contribution < 1.29 is 32.2 Å². The summed E-state index contributed by atoms with van der Waals surface area (Å²) in [6, 6.07) is 20.2. The molecule has 3 aromatic carbocycles. The number of carbonyl (C=O) groups excluding carboxylic acids is 2. The van der Waals surface area contributed by atoms with Gasteiger partial charge in [-0.15, -0.1) is 18.3 Å². The predicted octanol–water partition coefficient (Wildman–Crippen LogP) is 6.77. The topological polar surface area (TPSA) is 98.9 Å². The van der Waals surface area contributed by atoms with Gasteiger partial charge in [0.15, 0.2) is 11.0 Å². The molecule has 9 nitrogen and oxygen atoms in total. The number of carbonyl (C=O) groups is 2. The number of rotatable bonds is 8. The summed E-state index contributed by atoms with van der Waals surface area (Å²) in [4.78, 5) is 34.9. The smallest absolute Gasteiger partial charge is 0.448 e. The van der Waals surface area contributed by atoms with E-state index in [0.717, 1.165) is 16.7 Å². The number of nitrogens with zero attached hydrogens (tertiary/aromatic N) is 5. The van der Waals surface area contributed by atoms with Crippen LogP contribution < -0.4 is 9.64 Å². The predicted molar refractivity (Wildman–Crippen MR) is 156 cm³/mol. The van der Waals surface area contributed by atoms with E-state index in [0.29, 0.717) is 28.8 Å². The normalized spacial score (nSPS) is 14.5. The average Bonchev–Trinajstić information content (AvgIpc) is 3.60. The van der Waals surface area contributed by atoms with Crippen LogP contribution in [0, 0.1) is 0 Å². The fourth-order valence-electron chi connectivity index (χ4n) is 4.37. The van der Waals surface area contributed by atoms with Crippen molar-refractivity contribution in [2.75, 3.05) is 17.3 Å². The first-order chi connectivity index (χ1) is 20.6. The van der Waals surface area contributed by atoms with Crippen molar-refractivity contribution >= 4 is 34.6 Å². The summed E-state index contributed by atoms with van der Waals surface area (Å²) in [6.07, 6.45) is -3.63. The number of alkyl halides is 3. The van der Waals surface area contributed by atoms with E-state index >= 15 is 0 Å². The zero-order chi connectivity index (χ0) is 30.6. The van der Waals surface area contributed by atoms with Crippen LogP contribution in [-0.2, 0) is 16.0 Å². The molecule has 13 heteroatoms. The van der Waals surface area contributed by atoms with Gasteiger partial charge in [-0.05, 0) is 47.4 Å². The lowest BCUT2D eigenvalue weighted by Gasteiger charge is -2.21. The first-order valence-electron chi connectivity index (χ1n) is 13.2. The maximum absolute atomic E-state index is 12.6. The number of anilines is 1. The largest absolute Gasteiger partial charge is 0.573 e. The molecule has 222 valence electrons. The van der Waals surface area contributed by atoms with Crippen LogP contribution in [0.3, 0.4) is 0 Å². The highest BCUT2D eigenvalue weighted by Gasteiger charge is 2.32. The third-order valence-electron chi connectivity index (χ3n) is 6.41. The molecule has 0 atom stereocenters. The van der Waals surface area contributed by atoms with Crippen molar-refractivity contribution in [1.82, 2.24) is 14.8 Å². The van der Waals surface area contributed by atoms with Gasteiger partial charge in [-0.2, -0.15) is 4.99 Å². The summed E-state index contributed by atoms with van der Waals surface area (Å²) >= 11 is 1.20. The van der Waals surface area contributed by atoms with Gasteiger partial charge in [0.2, 0.25) is 5.91 Å². The number of amidine groups is 1. The van der Waals surface area contributed by atoms with Crippen LogP contribution in [0.5, 0.6) is 5.75 Å². The first kappa shape index (κ1) is 29.8. The monoisotopic (exact) mass is 609 g/mol. The summed E-state index contributed by atoms with van der Waals surface area (Å²) in [6.45, 7) is 4.17. The molecule has 2 amide bonds. The van der Waals surface area contributed by atoms with E-state index in [1.165, 1.54) is 51.9 Å². The van der Waals surface area contributed by atoms with Gasteiger partial charge in [-0.1, -0.05) is 68.1 Å². The van der Waals surface area contributed by atoms with E-state index in [4.69, 9.17) is 4.74 Å². The maximum atomic E-state index is 12.6. The number of thioether (sulfide) groups is 1. The zero-order valence-corrected chi connectivity index (χ0v) is 23.9. The molecule has 0 unspecified atom stereocenters. The minimum atomic E-state index is -4.76. The summed E-state index contributed by atoms with van der Waals surface area (Å²) in [5, 5.41) is 4.69. The molecule has 5 rings (SSSR count). The number of para-hydroxylation sites is 1. The Bertz CT molecular complexity index is 1640. The Morgan fingerprint density at radius 3 is 2.47 bits per heavy atom. The fourth-order valence-corrected chi connectivity index (χ4v) is 5.22. The number of amides is 2. The number of ether oxygens (including phenoxy) is 2. The molecule has 2 heterocycles. The standard InChI is InChI=1S/C30H26F3N5O4S/c1-19(2)24-5-3-4-6-25(24)38-26(39)17-43-28(38)35-29(40)41-16-15-20-7-9-21(10-8-20)27-34-18-37(36-27)22-11-13-23(14-12-22)42-30(31,32)33/h3-14,18-19H,15-17H2,1-2H3. The molecular weight excluding hydrogens is 583 g/mol. The van der Waals surface area contributed by atoms with Crippen LogP contribution in [0.2, 0.25) is 0 Å². The number of halogens is 3. The number of aliphatic imine (C=N–C) groups is 1. The second kappa shape index (κ2) is 12.7. The van der Waals surface area contributed by atoms with Crippen molar-refractivity contribution in [1.29, 1.82) is 0 Å². The van der Waals surface area contributed by atoms with E-state index in [1.807, 2.05) is 62.4 Å². The lowest BCUT2D eigenvalue weighted by Crippen LogP contribution is -2.31. The van der Waals surface area contributed by atoms with Crippen LogP contribution in [0.1, 0.15) is 30.9 Å². The SMILES string of the molecule is CC(C)c1ccccc1N1C(=O)CSC1=NC(=O)OCCc1ccc(-c2ncn(-c3ccc(OC(F)(F)F)cc3)n2)cc1. The van der Waals surface area contributed by atoms with E-state index in [9.17, 15) is 22.8 Å². The van der Waals surface area contributed by atoms with Gasteiger partial charge in [0, 0.05) is 12.0 Å². The Morgan fingerprint density at radius 1 is 1.05 bits per heavy atom. The molecule has 0 bridgehead atoms. The minimum absolute atomic E-state index is 0.0943. The van der Waals surface area contributed by atoms with Crippen molar-refractivity contribution in [2.24, 2.45) is 4.99 Å². The third-order valence-corrected chi connectivity index (χ3v) is 7.33. The van der Waals surface area contributed by atoms with Crippen LogP contribution in [0.25, 0.3) is 17.1 Å². The molecule has 43 heavy (non-hydrogen) atoms. The fraction of sp³-hybridized carbons (Fsp3) is 0.233. The number of aromatic nitrogens is 3. The molecule has 1 aliphatic rings. The molecule has 0 radical (unpaired) electrons. The van der Waals surface area contributed by atoms with Crippen LogP contribution in [0.15, 0.2) is 84.1 Å². The molecule has 1 aliphatic heterocycles. The molecule has 0 spiro atoms. The van der Waals surface area contributed by atoms with E-state index in [-0.39, 0.29) is 29.9 Å². The second-order valence-corrected chi connectivity index (χ2v) is 10.7. The maximum Gasteiger partial charge on any atom is 0.573 e. The highest BCUT2D eigenvalue weighted by molar-refractivity contribution is 8.15. The van der Waals surface area contributed by atoms with Gasteiger partial charge in [0.25, 0.3) is 0 Å². The number of benzene rings is 3. The average molecular weight is 610 g/mol. The van der Waals surface area contributed by atoms with Gasteiger partial charge in [0.05, 0.1) is 23.7 Å². The first-order valence-corrected chi connectivity index (χ1v) is 14.2. The molecule has 4 aromatic rings. The quantitative estimate of drug-likeness (QED) is 0.217.